The highest BCUT2D eigenvalue weighted by molar-refractivity contribution is 5.69. The first-order valence-corrected chi connectivity index (χ1v) is 10.4. The Labute approximate surface area is 168 Å². The fourth-order valence-electron chi connectivity index (χ4n) is 4.29. The summed E-state index contributed by atoms with van der Waals surface area (Å²) in [7, 11) is 1.81. The average Bonchev–Trinajstić information content (AvgIpc) is 3.27. The lowest BCUT2D eigenvalue weighted by Crippen LogP contribution is -2.30. The first-order chi connectivity index (χ1) is 13.6. The highest BCUT2D eigenvalue weighted by atomic mass is 16.6. The second kappa shape index (κ2) is 8.36. The van der Waals surface area contributed by atoms with Gasteiger partial charge in [0.2, 0.25) is 0 Å². The van der Waals surface area contributed by atoms with Crippen molar-refractivity contribution in [1.82, 2.24) is 9.80 Å². The summed E-state index contributed by atoms with van der Waals surface area (Å²) in [5.41, 5.74) is 5.13. The van der Waals surface area contributed by atoms with E-state index in [0.717, 1.165) is 25.4 Å². The molecule has 2 atom stereocenters. The number of nitrogens with zero attached hydrogens (tertiary/aromatic N) is 2. The number of benzene rings is 2. The summed E-state index contributed by atoms with van der Waals surface area (Å²) in [6.07, 6.45) is 4.42. The molecule has 4 nitrogen and oxygen atoms in total. The number of cyclic esters (lactones) is 1. The summed E-state index contributed by atoms with van der Waals surface area (Å²) >= 11 is 0. The zero-order valence-corrected chi connectivity index (χ0v) is 16.9. The number of likely N-dealkylation sites (N-methyl/N-ethyl adjacent to an activating group) is 1. The zero-order chi connectivity index (χ0) is 19.5. The molecule has 2 aliphatic heterocycles. The Balaban J connectivity index is 1.34. The van der Waals surface area contributed by atoms with E-state index in [4.69, 9.17) is 4.74 Å². The first kappa shape index (κ1) is 19.0. The van der Waals surface area contributed by atoms with Crippen LogP contribution in [0.2, 0.25) is 0 Å². The van der Waals surface area contributed by atoms with Crippen LogP contribution < -0.4 is 0 Å². The molecule has 1 amide bonds. The maximum atomic E-state index is 11.5. The minimum atomic E-state index is -0.221. The van der Waals surface area contributed by atoms with Gasteiger partial charge in [-0.15, -0.1) is 0 Å². The van der Waals surface area contributed by atoms with Gasteiger partial charge in [-0.1, -0.05) is 48.5 Å². The molecule has 0 saturated carbocycles. The second-order valence-corrected chi connectivity index (χ2v) is 8.22. The Morgan fingerprint density at radius 1 is 1.00 bits per heavy atom. The van der Waals surface area contributed by atoms with E-state index in [-0.39, 0.29) is 12.1 Å². The summed E-state index contributed by atoms with van der Waals surface area (Å²) in [6, 6.07) is 18.5. The fourth-order valence-corrected chi connectivity index (χ4v) is 4.29. The van der Waals surface area contributed by atoms with Crippen LogP contribution in [0.25, 0.3) is 11.1 Å². The van der Waals surface area contributed by atoms with Crippen molar-refractivity contribution >= 4 is 6.09 Å². The molecule has 0 N–H and O–H groups in total. The number of hydrogen-bond acceptors (Lipinski definition) is 3. The average molecular weight is 379 g/mol. The Kier molecular flexibility index (Phi) is 5.67. The Bertz CT molecular complexity index is 800. The summed E-state index contributed by atoms with van der Waals surface area (Å²) in [5.74, 6) is 0. The van der Waals surface area contributed by atoms with Crippen molar-refractivity contribution in [2.24, 2.45) is 0 Å². The molecule has 4 rings (SSSR count). The molecule has 28 heavy (non-hydrogen) atoms. The molecule has 2 aromatic carbocycles. The summed E-state index contributed by atoms with van der Waals surface area (Å²) < 4.78 is 5.10. The van der Waals surface area contributed by atoms with E-state index >= 15 is 0 Å². The molecule has 0 aliphatic carbocycles. The predicted molar refractivity (Wildman–Crippen MR) is 112 cm³/mol. The van der Waals surface area contributed by atoms with Gasteiger partial charge in [0.1, 0.15) is 6.61 Å². The highest BCUT2D eigenvalue weighted by Gasteiger charge is 2.29. The first-order valence-electron chi connectivity index (χ1n) is 10.4. The van der Waals surface area contributed by atoms with Gasteiger partial charge in [-0.25, -0.2) is 4.79 Å². The van der Waals surface area contributed by atoms with Crippen LogP contribution in [-0.2, 0) is 17.6 Å². The van der Waals surface area contributed by atoms with Crippen molar-refractivity contribution in [1.29, 1.82) is 0 Å². The SMILES string of the molecule is C[C@@H]1CCCN1CCc1ccc(-c2ccc(C[C@@H]3COC(=O)N3C)cc2)cc1. The molecule has 0 radical (unpaired) electrons. The van der Waals surface area contributed by atoms with E-state index in [1.54, 1.807) is 11.9 Å². The molecule has 0 bridgehead atoms. The number of carbonyl (C=O) groups is 1. The normalized spacial score (nSPS) is 22.6. The smallest absolute Gasteiger partial charge is 0.409 e. The van der Waals surface area contributed by atoms with Crippen molar-refractivity contribution in [2.75, 3.05) is 26.7 Å². The van der Waals surface area contributed by atoms with Gasteiger partial charge in [0, 0.05) is 19.6 Å². The largest absolute Gasteiger partial charge is 0.447 e. The molecule has 0 spiro atoms. The minimum absolute atomic E-state index is 0.135. The molecule has 2 saturated heterocycles. The third-order valence-corrected chi connectivity index (χ3v) is 6.33. The summed E-state index contributed by atoms with van der Waals surface area (Å²) in [4.78, 5) is 15.8. The lowest BCUT2D eigenvalue weighted by Gasteiger charge is -2.20. The predicted octanol–water partition coefficient (Wildman–Crippen LogP) is 4.37. The van der Waals surface area contributed by atoms with Crippen LogP contribution in [0.3, 0.4) is 0 Å². The molecule has 0 aromatic heterocycles. The van der Waals surface area contributed by atoms with Crippen molar-refractivity contribution in [3.05, 3.63) is 59.7 Å². The van der Waals surface area contributed by atoms with Gasteiger partial charge in [0.25, 0.3) is 0 Å². The fraction of sp³-hybridized carbons (Fsp3) is 0.458. The topological polar surface area (TPSA) is 32.8 Å². The molecule has 0 unspecified atom stereocenters. The van der Waals surface area contributed by atoms with Crippen LogP contribution in [-0.4, -0.2) is 54.7 Å². The van der Waals surface area contributed by atoms with E-state index < -0.39 is 0 Å². The quantitative estimate of drug-likeness (QED) is 0.748. The van der Waals surface area contributed by atoms with Crippen LogP contribution in [0.15, 0.2) is 48.5 Å². The molecule has 4 heteroatoms. The van der Waals surface area contributed by atoms with Crippen molar-refractivity contribution < 1.29 is 9.53 Å². The molecule has 2 aliphatic rings. The van der Waals surface area contributed by atoms with Gasteiger partial charge in [-0.2, -0.15) is 0 Å². The third-order valence-electron chi connectivity index (χ3n) is 6.33. The summed E-state index contributed by atoms with van der Waals surface area (Å²) in [5, 5.41) is 0. The minimum Gasteiger partial charge on any atom is -0.447 e. The van der Waals surface area contributed by atoms with E-state index in [0.29, 0.717) is 6.61 Å². The molecule has 148 valence electrons. The number of rotatable bonds is 6. The third kappa shape index (κ3) is 4.22. The second-order valence-electron chi connectivity index (χ2n) is 8.22. The Morgan fingerprint density at radius 3 is 2.18 bits per heavy atom. The van der Waals surface area contributed by atoms with Gasteiger partial charge in [0.05, 0.1) is 6.04 Å². The standard InChI is InChI=1S/C24H30N2O2/c1-18-4-3-14-26(18)15-13-19-5-9-21(10-6-19)22-11-7-20(8-12-22)16-23-17-28-24(27)25(23)2/h5-12,18,23H,3-4,13-17H2,1-2H3/t18-,23-/m1/s1. The van der Waals surface area contributed by atoms with Crippen molar-refractivity contribution in [3.8, 4) is 11.1 Å². The van der Waals surface area contributed by atoms with E-state index in [9.17, 15) is 4.79 Å². The van der Waals surface area contributed by atoms with Crippen LogP contribution in [0.5, 0.6) is 0 Å². The summed E-state index contributed by atoms with van der Waals surface area (Å²) in [6.45, 7) is 5.24. The van der Waals surface area contributed by atoms with Gasteiger partial charge in [0.15, 0.2) is 0 Å². The van der Waals surface area contributed by atoms with Crippen LogP contribution >= 0.6 is 0 Å². The molecule has 2 fully saturated rings. The van der Waals surface area contributed by atoms with Crippen molar-refractivity contribution in [3.63, 3.8) is 0 Å². The van der Waals surface area contributed by atoms with Crippen molar-refractivity contribution in [2.45, 2.75) is 44.7 Å². The lowest BCUT2D eigenvalue weighted by atomic mass is 9.99. The van der Waals surface area contributed by atoms with Gasteiger partial charge in [-0.05, 0) is 61.4 Å². The number of amides is 1. The molecular formula is C24H30N2O2. The number of ether oxygens (including phenoxy) is 1. The molecular weight excluding hydrogens is 348 g/mol. The molecule has 2 heterocycles. The Hall–Kier alpha value is -2.33. The van der Waals surface area contributed by atoms with E-state index in [2.05, 4.69) is 60.4 Å². The monoisotopic (exact) mass is 378 g/mol. The maximum absolute atomic E-state index is 11.5. The maximum Gasteiger partial charge on any atom is 0.409 e. The van der Waals surface area contributed by atoms with Gasteiger partial charge in [-0.3, -0.25) is 0 Å². The van der Waals surface area contributed by atoms with Gasteiger partial charge >= 0.3 is 6.09 Å². The van der Waals surface area contributed by atoms with E-state index in [1.807, 2.05) is 0 Å². The van der Waals surface area contributed by atoms with E-state index in [1.165, 1.54) is 41.6 Å². The highest BCUT2D eigenvalue weighted by Crippen LogP contribution is 2.23. The van der Waals surface area contributed by atoms with Crippen LogP contribution in [0, 0.1) is 0 Å². The van der Waals surface area contributed by atoms with Crippen LogP contribution in [0.1, 0.15) is 30.9 Å². The number of carbonyl (C=O) groups excluding carboxylic acids is 1. The zero-order valence-electron chi connectivity index (χ0n) is 16.9. The van der Waals surface area contributed by atoms with Crippen LogP contribution in [0.4, 0.5) is 4.79 Å². The number of hydrogen-bond donors (Lipinski definition) is 0. The lowest BCUT2D eigenvalue weighted by molar-refractivity contribution is 0.163. The Morgan fingerprint density at radius 2 is 1.64 bits per heavy atom. The number of likely N-dealkylation sites (tertiary alicyclic amines) is 1. The molecule has 2 aromatic rings. The van der Waals surface area contributed by atoms with Gasteiger partial charge < -0.3 is 14.5 Å².